The Labute approximate surface area is 117 Å². The van der Waals surface area contributed by atoms with Crippen LogP contribution in [0, 0.1) is 0 Å². The lowest BCUT2D eigenvalue weighted by atomic mass is 10.2. The predicted molar refractivity (Wildman–Crippen MR) is 74.9 cm³/mol. The molecule has 0 aliphatic carbocycles. The van der Waals surface area contributed by atoms with Crippen molar-refractivity contribution < 1.29 is 5.11 Å². The number of hydrogen-bond acceptors (Lipinski definition) is 6. The van der Waals surface area contributed by atoms with E-state index in [0.29, 0.717) is 0 Å². The number of aromatic nitrogens is 4. The summed E-state index contributed by atoms with van der Waals surface area (Å²) in [7, 11) is 2.04. The van der Waals surface area contributed by atoms with E-state index >= 15 is 0 Å². The zero-order chi connectivity index (χ0) is 13.9. The van der Waals surface area contributed by atoms with Crippen LogP contribution in [0.3, 0.4) is 0 Å². The Morgan fingerprint density at radius 3 is 2.90 bits per heavy atom. The highest BCUT2D eigenvalue weighted by molar-refractivity contribution is 5.44. The third-order valence-electron chi connectivity index (χ3n) is 3.72. The summed E-state index contributed by atoms with van der Waals surface area (Å²) in [5.41, 5.74) is 0. The third kappa shape index (κ3) is 2.50. The third-order valence-corrected chi connectivity index (χ3v) is 3.72. The van der Waals surface area contributed by atoms with Crippen molar-refractivity contribution in [2.24, 2.45) is 0 Å². The SMILES string of the molecule is CN1CCN(c2cc(-n3ccnc3)ncn2)CC1CO. The van der Waals surface area contributed by atoms with Gasteiger partial charge >= 0.3 is 0 Å². The van der Waals surface area contributed by atoms with E-state index in [2.05, 4.69) is 24.8 Å². The molecule has 1 aliphatic heterocycles. The molecular weight excluding hydrogens is 256 g/mol. The molecule has 0 aromatic carbocycles. The van der Waals surface area contributed by atoms with Gasteiger partial charge in [-0.1, -0.05) is 0 Å². The summed E-state index contributed by atoms with van der Waals surface area (Å²) >= 11 is 0. The first-order valence-corrected chi connectivity index (χ1v) is 6.64. The fourth-order valence-corrected chi connectivity index (χ4v) is 2.40. The van der Waals surface area contributed by atoms with Crippen molar-refractivity contribution in [1.82, 2.24) is 24.4 Å². The molecule has 2 aromatic heterocycles. The monoisotopic (exact) mass is 274 g/mol. The molecule has 0 spiro atoms. The summed E-state index contributed by atoms with van der Waals surface area (Å²) in [4.78, 5) is 17.0. The average Bonchev–Trinajstić information content (AvgIpc) is 3.02. The maximum absolute atomic E-state index is 9.42. The molecule has 3 rings (SSSR count). The van der Waals surface area contributed by atoms with Crippen molar-refractivity contribution in [3.8, 4) is 5.82 Å². The molecule has 1 atom stereocenters. The molecule has 1 fully saturated rings. The quantitative estimate of drug-likeness (QED) is 0.834. The van der Waals surface area contributed by atoms with Crippen molar-refractivity contribution in [1.29, 1.82) is 0 Å². The lowest BCUT2D eigenvalue weighted by Gasteiger charge is -2.39. The van der Waals surface area contributed by atoms with E-state index in [4.69, 9.17) is 0 Å². The van der Waals surface area contributed by atoms with Gasteiger partial charge in [-0.2, -0.15) is 0 Å². The lowest BCUT2D eigenvalue weighted by Crippen LogP contribution is -2.53. The van der Waals surface area contributed by atoms with Crippen LogP contribution in [0.2, 0.25) is 0 Å². The Morgan fingerprint density at radius 2 is 2.15 bits per heavy atom. The van der Waals surface area contributed by atoms with E-state index in [-0.39, 0.29) is 12.6 Å². The molecule has 0 radical (unpaired) electrons. The summed E-state index contributed by atoms with van der Waals surface area (Å²) < 4.78 is 1.85. The summed E-state index contributed by atoms with van der Waals surface area (Å²) in [5.74, 6) is 1.68. The van der Waals surface area contributed by atoms with Crippen LogP contribution in [0.15, 0.2) is 31.1 Å². The maximum Gasteiger partial charge on any atom is 0.143 e. The molecule has 7 nitrogen and oxygen atoms in total. The number of anilines is 1. The Kier molecular flexibility index (Phi) is 3.62. The number of likely N-dealkylation sites (N-methyl/N-ethyl adjacent to an activating group) is 1. The molecule has 2 aromatic rings. The van der Waals surface area contributed by atoms with Crippen LogP contribution >= 0.6 is 0 Å². The molecule has 106 valence electrons. The van der Waals surface area contributed by atoms with Crippen LogP contribution in [-0.4, -0.2) is 68.9 Å². The van der Waals surface area contributed by atoms with E-state index in [1.807, 2.05) is 23.9 Å². The number of aliphatic hydroxyl groups excluding tert-OH is 1. The van der Waals surface area contributed by atoms with E-state index in [9.17, 15) is 5.11 Å². The fraction of sp³-hybridized carbons (Fsp3) is 0.462. The van der Waals surface area contributed by atoms with Crippen molar-refractivity contribution >= 4 is 5.82 Å². The topological polar surface area (TPSA) is 70.3 Å². The van der Waals surface area contributed by atoms with Gasteiger partial charge in [0.1, 0.15) is 24.3 Å². The number of aliphatic hydroxyl groups is 1. The van der Waals surface area contributed by atoms with Crippen molar-refractivity contribution in [2.45, 2.75) is 6.04 Å². The number of hydrogen-bond donors (Lipinski definition) is 1. The number of nitrogens with zero attached hydrogens (tertiary/aromatic N) is 6. The van der Waals surface area contributed by atoms with Gasteiger partial charge in [0.15, 0.2) is 0 Å². The van der Waals surface area contributed by atoms with Gasteiger partial charge in [0, 0.05) is 38.1 Å². The number of imidazole rings is 1. The highest BCUT2D eigenvalue weighted by Crippen LogP contribution is 2.17. The Balaban J connectivity index is 1.82. The second-order valence-electron chi connectivity index (χ2n) is 4.97. The Morgan fingerprint density at radius 1 is 1.30 bits per heavy atom. The van der Waals surface area contributed by atoms with Gasteiger partial charge in [-0.3, -0.25) is 9.47 Å². The van der Waals surface area contributed by atoms with Gasteiger partial charge < -0.3 is 10.0 Å². The highest BCUT2D eigenvalue weighted by Gasteiger charge is 2.24. The van der Waals surface area contributed by atoms with Crippen LogP contribution in [0.4, 0.5) is 5.82 Å². The zero-order valence-electron chi connectivity index (χ0n) is 11.4. The van der Waals surface area contributed by atoms with Crippen LogP contribution < -0.4 is 4.90 Å². The standard InChI is InChI=1S/C13H18N6O/c1-17-4-5-18(7-11(17)8-20)12-6-13(16-9-15-12)19-3-2-14-10-19/h2-3,6,9-11,20H,4-5,7-8H2,1H3. The predicted octanol–water partition coefficient (Wildman–Crippen LogP) is -0.225. The lowest BCUT2D eigenvalue weighted by molar-refractivity contribution is 0.135. The van der Waals surface area contributed by atoms with E-state index in [1.165, 1.54) is 0 Å². The van der Waals surface area contributed by atoms with Gasteiger partial charge in [0.25, 0.3) is 0 Å². The molecular formula is C13H18N6O. The minimum atomic E-state index is 0.149. The maximum atomic E-state index is 9.42. The first-order valence-electron chi connectivity index (χ1n) is 6.64. The van der Waals surface area contributed by atoms with Crippen molar-refractivity contribution in [3.63, 3.8) is 0 Å². The molecule has 7 heteroatoms. The molecule has 3 heterocycles. The smallest absolute Gasteiger partial charge is 0.143 e. The van der Waals surface area contributed by atoms with Gasteiger partial charge in [-0.15, -0.1) is 0 Å². The number of rotatable bonds is 3. The van der Waals surface area contributed by atoms with Crippen LogP contribution in [0.5, 0.6) is 0 Å². The number of piperazine rings is 1. The minimum absolute atomic E-state index is 0.149. The first-order chi connectivity index (χ1) is 9.78. The van der Waals surface area contributed by atoms with Gasteiger partial charge in [0.2, 0.25) is 0 Å². The first kappa shape index (κ1) is 13.0. The van der Waals surface area contributed by atoms with Crippen molar-refractivity contribution in [2.75, 3.05) is 38.2 Å². The second kappa shape index (κ2) is 5.56. The summed E-state index contributed by atoms with van der Waals surface area (Å²) in [5, 5.41) is 9.42. The van der Waals surface area contributed by atoms with E-state index < -0.39 is 0 Å². The van der Waals surface area contributed by atoms with Crippen LogP contribution in [0.1, 0.15) is 0 Å². The fourth-order valence-electron chi connectivity index (χ4n) is 2.40. The molecule has 0 bridgehead atoms. The molecule has 1 N–H and O–H groups in total. The summed E-state index contributed by atoms with van der Waals surface area (Å²) in [6.07, 6.45) is 6.86. The molecule has 1 aliphatic rings. The van der Waals surface area contributed by atoms with Crippen molar-refractivity contribution in [3.05, 3.63) is 31.1 Å². The summed E-state index contributed by atoms with van der Waals surface area (Å²) in [6, 6.07) is 2.09. The zero-order valence-corrected chi connectivity index (χ0v) is 11.4. The van der Waals surface area contributed by atoms with Gasteiger partial charge in [0.05, 0.1) is 12.6 Å². The average molecular weight is 274 g/mol. The summed E-state index contributed by atoms with van der Waals surface area (Å²) in [6.45, 7) is 2.74. The highest BCUT2D eigenvalue weighted by atomic mass is 16.3. The largest absolute Gasteiger partial charge is 0.395 e. The van der Waals surface area contributed by atoms with E-state index in [0.717, 1.165) is 31.3 Å². The van der Waals surface area contributed by atoms with Crippen LogP contribution in [-0.2, 0) is 0 Å². The van der Waals surface area contributed by atoms with Gasteiger partial charge in [-0.05, 0) is 7.05 Å². The second-order valence-corrected chi connectivity index (χ2v) is 4.97. The Hall–Kier alpha value is -1.99. The molecule has 20 heavy (non-hydrogen) atoms. The molecule has 1 saturated heterocycles. The minimum Gasteiger partial charge on any atom is -0.395 e. The molecule has 0 saturated carbocycles. The van der Waals surface area contributed by atoms with E-state index in [1.54, 1.807) is 18.9 Å². The Bertz CT molecular complexity index is 558. The normalized spacial score (nSPS) is 20.3. The molecule has 1 unspecified atom stereocenters. The van der Waals surface area contributed by atoms with Crippen LogP contribution in [0.25, 0.3) is 5.82 Å². The van der Waals surface area contributed by atoms with Gasteiger partial charge in [-0.25, -0.2) is 15.0 Å². The molecule has 0 amide bonds.